The van der Waals surface area contributed by atoms with Crippen LogP contribution in [0.25, 0.3) is 0 Å². The lowest BCUT2D eigenvalue weighted by Gasteiger charge is -2.01. The molecule has 0 atom stereocenters. The number of nitroso groups, excluding NO2 is 1. The van der Waals surface area contributed by atoms with Gasteiger partial charge in [0, 0.05) is 0 Å². The predicted molar refractivity (Wildman–Crippen MR) is 48.9 cm³/mol. The topological polar surface area (TPSA) is 66.7 Å². The average molecular weight is 220 g/mol. The highest BCUT2D eigenvalue weighted by Crippen LogP contribution is 2.33. The third kappa shape index (κ3) is 1.79. The molecule has 6 heteroatoms. The molecule has 68 valence electrons. The van der Waals surface area contributed by atoms with E-state index in [1.165, 1.54) is 12.1 Å². The van der Waals surface area contributed by atoms with Crippen LogP contribution in [0, 0.1) is 4.91 Å². The minimum absolute atomic E-state index is 0.0307. The first-order valence-electron chi connectivity index (χ1n) is 3.12. The van der Waals surface area contributed by atoms with Crippen molar-refractivity contribution in [3.05, 3.63) is 32.6 Å². The Hall–Kier alpha value is -1.13. The van der Waals surface area contributed by atoms with E-state index in [2.05, 4.69) is 5.18 Å². The van der Waals surface area contributed by atoms with E-state index in [4.69, 9.17) is 28.3 Å². The first-order valence-corrected chi connectivity index (χ1v) is 3.88. The second-order valence-electron chi connectivity index (χ2n) is 2.15. The summed E-state index contributed by atoms with van der Waals surface area (Å²) in [6, 6.07) is 2.61. The van der Waals surface area contributed by atoms with Gasteiger partial charge in [0.05, 0.1) is 10.0 Å². The molecule has 0 fully saturated rings. The molecule has 13 heavy (non-hydrogen) atoms. The number of carboxylic acid groups (broad SMARTS) is 1. The van der Waals surface area contributed by atoms with Crippen LogP contribution < -0.4 is 0 Å². The lowest BCUT2D eigenvalue weighted by molar-refractivity contribution is 0.0698. The van der Waals surface area contributed by atoms with Crippen LogP contribution in [0.5, 0.6) is 0 Å². The molecule has 0 spiro atoms. The fourth-order valence-corrected chi connectivity index (χ4v) is 1.26. The van der Waals surface area contributed by atoms with Crippen LogP contribution in [0.1, 0.15) is 10.4 Å². The Labute approximate surface area is 83.1 Å². The number of nitrogens with zero attached hydrogens (tertiary/aromatic N) is 1. The number of benzene rings is 1. The summed E-state index contributed by atoms with van der Waals surface area (Å²) in [7, 11) is 0. The number of carbonyl (C=O) groups is 1. The largest absolute Gasteiger partial charge is 0.478 e. The maximum atomic E-state index is 10.6. The first kappa shape index (κ1) is 9.95. The van der Waals surface area contributed by atoms with E-state index < -0.39 is 5.97 Å². The zero-order chi connectivity index (χ0) is 10.0. The summed E-state index contributed by atoms with van der Waals surface area (Å²) >= 11 is 11.1. The highest BCUT2D eigenvalue weighted by molar-refractivity contribution is 6.37. The van der Waals surface area contributed by atoms with Crippen molar-refractivity contribution < 1.29 is 9.90 Å². The summed E-state index contributed by atoms with van der Waals surface area (Å²) in [4.78, 5) is 20.9. The zero-order valence-corrected chi connectivity index (χ0v) is 7.63. The summed E-state index contributed by atoms with van der Waals surface area (Å²) < 4.78 is 0. The zero-order valence-electron chi connectivity index (χ0n) is 6.12. The average Bonchev–Trinajstić information content (AvgIpc) is 2.07. The molecule has 0 heterocycles. The monoisotopic (exact) mass is 219 g/mol. The fourth-order valence-electron chi connectivity index (χ4n) is 0.834. The Morgan fingerprint density at radius 3 is 2.23 bits per heavy atom. The van der Waals surface area contributed by atoms with Gasteiger partial charge in [-0.1, -0.05) is 23.2 Å². The van der Waals surface area contributed by atoms with Crippen LogP contribution in [0.2, 0.25) is 10.0 Å². The van der Waals surface area contributed by atoms with Crippen LogP contribution in [0.15, 0.2) is 17.3 Å². The third-order valence-corrected chi connectivity index (χ3v) is 2.00. The van der Waals surface area contributed by atoms with Crippen molar-refractivity contribution in [2.75, 3.05) is 0 Å². The summed E-state index contributed by atoms with van der Waals surface area (Å²) in [6.45, 7) is 0. The predicted octanol–water partition coefficient (Wildman–Crippen LogP) is 3.09. The van der Waals surface area contributed by atoms with Gasteiger partial charge in [-0.15, -0.1) is 4.91 Å². The molecule has 1 aromatic carbocycles. The molecule has 0 amide bonds. The van der Waals surface area contributed by atoms with Gasteiger partial charge in [0.15, 0.2) is 0 Å². The fraction of sp³-hybridized carbons (Fsp3) is 0. The molecule has 0 saturated heterocycles. The van der Waals surface area contributed by atoms with Crippen molar-refractivity contribution in [2.45, 2.75) is 0 Å². The molecule has 0 aliphatic rings. The van der Waals surface area contributed by atoms with Crippen LogP contribution in [0.3, 0.4) is 0 Å². The highest BCUT2D eigenvalue weighted by atomic mass is 35.5. The second-order valence-corrected chi connectivity index (χ2v) is 2.96. The van der Waals surface area contributed by atoms with Crippen LogP contribution >= 0.6 is 23.2 Å². The molecule has 1 aromatic rings. The van der Waals surface area contributed by atoms with E-state index in [0.717, 1.165) is 0 Å². The molecule has 0 aliphatic carbocycles. The standard InChI is InChI=1S/C7H3Cl2NO3/c8-3-1-2-4(9)6(10-13)5(3)7(11)12/h1-2H,(H,11,12). The lowest BCUT2D eigenvalue weighted by atomic mass is 10.2. The molecular weight excluding hydrogens is 217 g/mol. The van der Waals surface area contributed by atoms with E-state index in [0.29, 0.717) is 0 Å². The summed E-state index contributed by atoms with van der Waals surface area (Å²) in [5, 5.41) is 11.1. The molecule has 0 aliphatic heterocycles. The normalized spacial score (nSPS) is 9.69. The van der Waals surface area contributed by atoms with Crippen molar-refractivity contribution in [3.8, 4) is 0 Å². The summed E-state index contributed by atoms with van der Waals surface area (Å²) in [5.41, 5.74) is -0.717. The molecule has 0 aromatic heterocycles. The lowest BCUT2D eigenvalue weighted by Crippen LogP contribution is -1.98. The van der Waals surface area contributed by atoms with Crippen LogP contribution in [-0.2, 0) is 0 Å². The molecule has 1 rings (SSSR count). The molecule has 0 unspecified atom stereocenters. The Balaban J connectivity index is 3.52. The van der Waals surface area contributed by atoms with E-state index in [-0.39, 0.29) is 21.3 Å². The van der Waals surface area contributed by atoms with Gasteiger partial charge in [0.1, 0.15) is 11.3 Å². The van der Waals surface area contributed by atoms with Gasteiger partial charge in [0.25, 0.3) is 0 Å². The van der Waals surface area contributed by atoms with Gasteiger partial charge in [-0.25, -0.2) is 4.79 Å². The van der Waals surface area contributed by atoms with E-state index in [1.54, 1.807) is 0 Å². The number of carboxylic acids is 1. The van der Waals surface area contributed by atoms with Crippen molar-refractivity contribution in [2.24, 2.45) is 5.18 Å². The van der Waals surface area contributed by atoms with Gasteiger partial charge in [-0.3, -0.25) is 0 Å². The molecule has 1 N–H and O–H groups in total. The Bertz CT molecular complexity index is 378. The van der Waals surface area contributed by atoms with Gasteiger partial charge in [-0.2, -0.15) is 0 Å². The van der Waals surface area contributed by atoms with Crippen LogP contribution in [0.4, 0.5) is 5.69 Å². The van der Waals surface area contributed by atoms with Gasteiger partial charge in [-0.05, 0) is 17.3 Å². The Kier molecular flexibility index (Phi) is 2.85. The molecule has 0 radical (unpaired) electrons. The minimum atomic E-state index is -1.33. The molecule has 0 bridgehead atoms. The minimum Gasteiger partial charge on any atom is -0.478 e. The number of aromatic carboxylic acids is 1. The van der Waals surface area contributed by atoms with Crippen molar-refractivity contribution in [3.63, 3.8) is 0 Å². The number of hydrogen-bond donors (Lipinski definition) is 1. The summed E-state index contributed by atoms with van der Waals surface area (Å²) in [6.07, 6.45) is 0. The molecule has 0 saturated carbocycles. The third-order valence-electron chi connectivity index (χ3n) is 1.38. The van der Waals surface area contributed by atoms with Gasteiger partial charge < -0.3 is 5.11 Å². The van der Waals surface area contributed by atoms with Crippen molar-refractivity contribution >= 4 is 34.9 Å². The van der Waals surface area contributed by atoms with Crippen LogP contribution in [-0.4, -0.2) is 11.1 Å². The van der Waals surface area contributed by atoms with Crippen molar-refractivity contribution in [1.82, 2.24) is 0 Å². The second kappa shape index (κ2) is 3.72. The summed E-state index contributed by atoms with van der Waals surface area (Å²) in [5.74, 6) is -1.33. The number of rotatable bonds is 2. The van der Waals surface area contributed by atoms with Gasteiger partial charge >= 0.3 is 5.97 Å². The Morgan fingerprint density at radius 1 is 1.31 bits per heavy atom. The first-order chi connectivity index (χ1) is 6.07. The molecule has 4 nitrogen and oxygen atoms in total. The maximum absolute atomic E-state index is 10.6. The number of halogens is 2. The molecular formula is C7H3Cl2NO3. The smallest absolute Gasteiger partial charge is 0.339 e. The number of hydrogen-bond acceptors (Lipinski definition) is 3. The van der Waals surface area contributed by atoms with E-state index >= 15 is 0 Å². The van der Waals surface area contributed by atoms with E-state index in [1.807, 2.05) is 0 Å². The van der Waals surface area contributed by atoms with Gasteiger partial charge in [0.2, 0.25) is 0 Å². The highest BCUT2D eigenvalue weighted by Gasteiger charge is 2.18. The van der Waals surface area contributed by atoms with E-state index in [9.17, 15) is 9.70 Å². The Morgan fingerprint density at radius 2 is 1.85 bits per heavy atom. The quantitative estimate of drug-likeness (QED) is 0.778. The SMILES string of the molecule is O=Nc1c(Cl)ccc(Cl)c1C(=O)O. The maximum Gasteiger partial charge on any atom is 0.339 e. The van der Waals surface area contributed by atoms with Crippen molar-refractivity contribution in [1.29, 1.82) is 0 Å².